The molecule has 0 N–H and O–H groups in total. The second-order valence-electron chi connectivity index (χ2n) is 7.47. The molecule has 2 rings (SSSR count). The van der Waals surface area contributed by atoms with Crippen LogP contribution in [0.15, 0.2) is 35.8 Å². The number of hydrogen-bond acceptors (Lipinski definition) is 2. The molecule has 0 spiro atoms. The Morgan fingerprint density at radius 3 is 2.36 bits per heavy atom. The van der Waals surface area contributed by atoms with Crippen molar-refractivity contribution < 1.29 is 9.47 Å². The van der Waals surface area contributed by atoms with Crippen molar-refractivity contribution in [3.05, 3.63) is 41.4 Å². The first-order chi connectivity index (χ1) is 12.0. The van der Waals surface area contributed by atoms with Crippen molar-refractivity contribution in [3.63, 3.8) is 0 Å². The maximum atomic E-state index is 6.03. The van der Waals surface area contributed by atoms with Crippen molar-refractivity contribution in [2.24, 2.45) is 5.92 Å². The van der Waals surface area contributed by atoms with Gasteiger partial charge in [-0.25, -0.2) is 0 Å². The Balaban J connectivity index is 1.96. The molecule has 0 bridgehead atoms. The fourth-order valence-electron chi connectivity index (χ4n) is 3.59. The van der Waals surface area contributed by atoms with Gasteiger partial charge in [0.15, 0.2) is 6.29 Å². The van der Waals surface area contributed by atoms with Crippen LogP contribution in [-0.4, -0.2) is 20.2 Å². The normalized spacial score (nSPS) is 20.1. The Morgan fingerprint density at radius 2 is 1.80 bits per heavy atom. The van der Waals surface area contributed by atoms with Crippen LogP contribution in [0.4, 0.5) is 0 Å². The van der Waals surface area contributed by atoms with Crippen LogP contribution < -0.4 is 4.74 Å². The number of rotatable bonds is 8. The van der Waals surface area contributed by atoms with Gasteiger partial charge in [0.1, 0.15) is 13.6 Å². The van der Waals surface area contributed by atoms with Gasteiger partial charge in [-0.05, 0) is 43.4 Å². The van der Waals surface area contributed by atoms with Crippen molar-refractivity contribution in [3.8, 4) is 5.75 Å². The highest BCUT2D eigenvalue weighted by molar-refractivity contribution is 6.21. The Hall–Kier alpha value is -1.22. The third kappa shape index (κ3) is 6.54. The minimum absolute atomic E-state index is 0.203. The van der Waals surface area contributed by atoms with Crippen LogP contribution in [0, 0.1) is 5.92 Å². The smallest absolute Gasteiger partial charge is 0.197 e. The molecule has 1 aromatic rings. The van der Waals surface area contributed by atoms with E-state index in [1.54, 1.807) is 0 Å². The molecular weight excluding hydrogens is 307 g/mol. The van der Waals surface area contributed by atoms with E-state index in [1.165, 1.54) is 24.8 Å². The van der Waals surface area contributed by atoms with E-state index in [1.807, 2.05) is 26.0 Å². The molecule has 1 saturated carbocycles. The van der Waals surface area contributed by atoms with Gasteiger partial charge in [-0.2, -0.15) is 0 Å². The van der Waals surface area contributed by atoms with E-state index in [9.17, 15) is 0 Å². The van der Waals surface area contributed by atoms with Gasteiger partial charge >= 0.3 is 0 Å². The lowest BCUT2D eigenvalue weighted by molar-refractivity contribution is -0.116. The van der Waals surface area contributed by atoms with E-state index < -0.39 is 0 Å². The van der Waals surface area contributed by atoms with Crippen LogP contribution in [0.2, 0.25) is 0 Å². The van der Waals surface area contributed by atoms with Gasteiger partial charge in [-0.15, -0.1) is 5.47 Å². The quantitative estimate of drug-likeness (QED) is 0.429. The van der Waals surface area contributed by atoms with E-state index in [0.29, 0.717) is 17.9 Å². The fraction of sp³-hybridized carbons (Fsp3) is 0.636. The summed E-state index contributed by atoms with van der Waals surface area (Å²) < 4.78 is 12.0. The van der Waals surface area contributed by atoms with E-state index in [2.05, 4.69) is 32.1 Å². The highest BCUT2D eigenvalue weighted by Crippen LogP contribution is 2.31. The third-order valence-corrected chi connectivity index (χ3v) is 5.20. The standard InChI is InChI=1S/C22H33BO2/c1-5-16(2)22(15-17(3)23)19-11-13-21(14-12-19)25-18(4)24-20-9-7-6-8-10-20/h11-16,18,20,22H,5-10H2,1-4H3/b17-15+. The molecule has 2 radical (unpaired) electrons. The summed E-state index contributed by atoms with van der Waals surface area (Å²) in [5.74, 6) is 1.77. The minimum Gasteiger partial charge on any atom is -0.465 e. The molecule has 1 aliphatic carbocycles. The highest BCUT2D eigenvalue weighted by Gasteiger charge is 2.18. The van der Waals surface area contributed by atoms with Gasteiger partial charge in [0, 0.05) is 5.92 Å². The van der Waals surface area contributed by atoms with Crippen molar-refractivity contribution >= 4 is 7.85 Å². The molecule has 0 saturated heterocycles. The van der Waals surface area contributed by atoms with Crippen LogP contribution in [0.5, 0.6) is 5.75 Å². The van der Waals surface area contributed by atoms with Crippen molar-refractivity contribution in [2.45, 2.75) is 84.5 Å². The van der Waals surface area contributed by atoms with Crippen LogP contribution in [0.3, 0.4) is 0 Å². The Kier molecular flexibility index (Phi) is 8.09. The molecule has 2 nitrogen and oxygen atoms in total. The molecule has 0 aromatic heterocycles. The number of ether oxygens (including phenoxy) is 2. The Bertz CT molecular complexity index is 527. The number of hydrogen-bond donors (Lipinski definition) is 0. The summed E-state index contributed by atoms with van der Waals surface area (Å²) in [5.41, 5.74) is 2.16. The third-order valence-electron chi connectivity index (χ3n) is 5.20. The minimum atomic E-state index is -0.203. The summed E-state index contributed by atoms with van der Waals surface area (Å²) in [6, 6.07) is 8.40. The average molecular weight is 340 g/mol. The largest absolute Gasteiger partial charge is 0.465 e. The lowest BCUT2D eigenvalue weighted by Gasteiger charge is -2.26. The van der Waals surface area contributed by atoms with E-state index in [-0.39, 0.29) is 6.29 Å². The van der Waals surface area contributed by atoms with E-state index in [4.69, 9.17) is 17.3 Å². The maximum Gasteiger partial charge on any atom is 0.197 e. The molecule has 3 unspecified atom stereocenters. The molecule has 1 aromatic carbocycles. The monoisotopic (exact) mass is 340 g/mol. The van der Waals surface area contributed by atoms with Crippen LogP contribution in [0.25, 0.3) is 0 Å². The van der Waals surface area contributed by atoms with Gasteiger partial charge in [0.2, 0.25) is 0 Å². The zero-order valence-electron chi connectivity index (χ0n) is 16.3. The second-order valence-corrected chi connectivity index (χ2v) is 7.47. The van der Waals surface area contributed by atoms with Crippen molar-refractivity contribution in [1.82, 2.24) is 0 Å². The van der Waals surface area contributed by atoms with Crippen LogP contribution in [-0.2, 0) is 4.74 Å². The van der Waals surface area contributed by atoms with Gasteiger partial charge < -0.3 is 9.47 Å². The summed E-state index contributed by atoms with van der Waals surface area (Å²) in [6.07, 6.45) is 9.65. The highest BCUT2D eigenvalue weighted by atomic mass is 16.7. The van der Waals surface area contributed by atoms with Crippen molar-refractivity contribution in [2.75, 3.05) is 0 Å². The first-order valence-electron chi connectivity index (χ1n) is 9.85. The summed E-state index contributed by atoms with van der Waals surface area (Å²) in [6.45, 7) is 8.44. The first-order valence-corrected chi connectivity index (χ1v) is 9.85. The maximum absolute atomic E-state index is 6.03. The summed E-state index contributed by atoms with van der Waals surface area (Å²) in [4.78, 5) is 0. The molecule has 25 heavy (non-hydrogen) atoms. The zero-order chi connectivity index (χ0) is 18.2. The Morgan fingerprint density at radius 1 is 1.16 bits per heavy atom. The molecule has 1 fully saturated rings. The molecule has 0 aliphatic heterocycles. The van der Waals surface area contributed by atoms with Crippen LogP contribution in [0.1, 0.15) is 77.7 Å². The van der Waals surface area contributed by atoms with Gasteiger partial charge in [0.25, 0.3) is 0 Å². The van der Waals surface area contributed by atoms with Gasteiger partial charge in [-0.3, -0.25) is 0 Å². The second kappa shape index (κ2) is 10.1. The average Bonchev–Trinajstić information content (AvgIpc) is 2.60. The van der Waals surface area contributed by atoms with Crippen LogP contribution >= 0.6 is 0 Å². The fourth-order valence-corrected chi connectivity index (χ4v) is 3.59. The summed E-state index contributed by atoms with van der Waals surface area (Å²) >= 11 is 0. The predicted octanol–water partition coefficient (Wildman–Crippen LogP) is 5.96. The predicted molar refractivity (Wildman–Crippen MR) is 106 cm³/mol. The lowest BCUT2D eigenvalue weighted by Crippen LogP contribution is -2.26. The van der Waals surface area contributed by atoms with E-state index >= 15 is 0 Å². The van der Waals surface area contributed by atoms with Gasteiger partial charge in [-0.1, -0.05) is 64.7 Å². The molecular formula is C22H33BO2. The van der Waals surface area contributed by atoms with E-state index in [0.717, 1.165) is 30.5 Å². The molecule has 1 aliphatic rings. The number of benzene rings is 1. The summed E-state index contributed by atoms with van der Waals surface area (Å²) in [7, 11) is 5.93. The number of allylic oxidation sites excluding steroid dienone is 2. The lowest BCUT2D eigenvalue weighted by atomic mass is 9.81. The molecule has 3 atom stereocenters. The van der Waals surface area contributed by atoms with Gasteiger partial charge in [0.05, 0.1) is 6.10 Å². The first kappa shape index (κ1) is 20.1. The molecule has 3 heteroatoms. The topological polar surface area (TPSA) is 18.5 Å². The van der Waals surface area contributed by atoms with Crippen molar-refractivity contribution in [1.29, 1.82) is 0 Å². The molecule has 0 amide bonds. The molecule has 0 heterocycles. The zero-order valence-corrected chi connectivity index (χ0v) is 16.3. The Labute approximate surface area is 155 Å². The summed E-state index contributed by atoms with van der Waals surface area (Å²) in [5, 5.41) is 0. The molecule has 136 valence electrons. The SMILES string of the molecule is [B]/C(C)=C/C(c1ccc(OC(C)OC2CCCCC2)cc1)C(C)CC.